The number of hydrogen-bond acceptors (Lipinski definition) is 5. The Hall–Kier alpha value is -2.02. The molecular weight excluding hydrogens is 258 g/mol. The summed E-state index contributed by atoms with van der Waals surface area (Å²) < 4.78 is 0. The molecule has 2 rings (SSSR count). The van der Waals surface area contributed by atoms with Crippen LogP contribution in [0.2, 0.25) is 0 Å². The number of hydrogen-bond donors (Lipinski definition) is 1. The minimum absolute atomic E-state index is 0.210. The number of aromatic nitrogens is 2. The van der Waals surface area contributed by atoms with Crippen molar-refractivity contribution in [2.75, 3.05) is 19.6 Å². The highest BCUT2D eigenvalue weighted by Crippen LogP contribution is 2.14. The fourth-order valence-electron chi connectivity index (χ4n) is 2.42. The molecule has 0 bridgehead atoms. The van der Waals surface area contributed by atoms with E-state index in [-0.39, 0.29) is 17.6 Å². The molecule has 2 heterocycles. The molecule has 0 saturated carbocycles. The monoisotopic (exact) mass is 277 g/mol. The first-order valence-electron chi connectivity index (χ1n) is 6.61. The summed E-state index contributed by atoms with van der Waals surface area (Å²) in [5, 5.41) is 0. The SMILES string of the molecule is CC(C)N1CCN(C(=O)c2cnccn2)CC1C(N)=O. The molecule has 0 radical (unpaired) electrons. The van der Waals surface area contributed by atoms with E-state index in [2.05, 4.69) is 9.97 Å². The molecular formula is C13H19N5O2. The van der Waals surface area contributed by atoms with E-state index in [9.17, 15) is 9.59 Å². The molecule has 1 unspecified atom stereocenters. The van der Waals surface area contributed by atoms with Crippen LogP contribution in [0.15, 0.2) is 18.6 Å². The van der Waals surface area contributed by atoms with Crippen LogP contribution in [0.3, 0.4) is 0 Å². The molecule has 1 aliphatic heterocycles. The summed E-state index contributed by atoms with van der Waals surface area (Å²) in [4.78, 5) is 35.4. The lowest BCUT2D eigenvalue weighted by Crippen LogP contribution is -2.61. The molecule has 0 aliphatic carbocycles. The van der Waals surface area contributed by atoms with Crippen LogP contribution in [0.4, 0.5) is 0 Å². The summed E-state index contributed by atoms with van der Waals surface area (Å²) in [6, 6.07) is -0.245. The topological polar surface area (TPSA) is 92.4 Å². The second-order valence-electron chi connectivity index (χ2n) is 5.09. The van der Waals surface area contributed by atoms with E-state index in [1.807, 2.05) is 18.7 Å². The normalized spacial score (nSPS) is 20.1. The highest BCUT2D eigenvalue weighted by molar-refractivity contribution is 5.92. The van der Waals surface area contributed by atoms with E-state index in [0.29, 0.717) is 19.6 Å². The minimum atomic E-state index is -0.454. The molecule has 1 atom stereocenters. The first-order valence-corrected chi connectivity index (χ1v) is 6.61. The molecule has 1 aliphatic rings. The van der Waals surface area contributed by atoms with Crippen LogP contribution in [0, 0.1) is 0 Å². The van der Waals surface area contributed by atoms with Gasteiger partial charge in [0, 0.05) is 38.1 Å². The van der Waals surface area contributed by atoms with Gasteiger partial charge in [-0.3, -0.25) is 19.5 Å². The number of amides is 2. The third kappa shape index (κ3) is 2.93. The van der Waals surface area contributed by atoms with Crippen LogP contribution in [0.25, 0.3) is 0 Å². The molecule has 1 aromatic rings. The Morgan fingerprint density at radius 3 is 2.65 bits per heavy atom. The van der Waals surface area contributed by atoms with Gasteiger partial charge in [0.05, 0.1) is 6.20 Å². The van der Waals surface area contributed by atoms with Gasteiger partial charge in [0.15, 0.2) is 0 Å². The number of piperazine rings is 1. The second kappa shape index (κ2) is 5.96. The molecule has 1 fully saturated rings. The highest BCUT2D eigenvalue weighted by Gasteiger charge is 2.34. The zero-order chi connectivity index (χ0) is 14.7. The van der Waals surface area contributed by atoms with E-state index in [1.54, 1.807) is 4.90 Å². The largest absolute Gasteiger partial charge is 0.368 e. The highest BCUT2D eigenvalue weighted by atomic mass is 16.2. The van der Waals surface area contributed by atoms with Crippen LogP contribution in [0.1, 0.15) is 24.3 Å². The van der Waals surface area contributed by atoms with E-state index < -0.39 is 11.9 Å². The van der Waals surface area contributed by atoms with Gasteiger partial charge in [-0.05, 0) is 13.8 Å². The number of carbonyl (C=O) groups excluding carboxylic acids is 2. The quantitative estimate of drug-likeness (QED) is 0.804. The molecule has 1 aromatic heterocycles. The van der Waals surface area contributed by atoms with Gasteiger partial charge in [-0.25, -0.2) is 4.98 Å². The molecule has 7 nitrogen and oxygen atoms in total. The average molecular weight is 277 g/mol. The number of nitrogens with two attached hydrogens (primary N) is 1. The smallest absolute Gasteiger partial charge is 0.274 e. The van der Waals surface area contributed by atoms with E-state index in [0.717, 1.165) is 0 Å². The predicted molar refractivity (Wildman–Crippen MR) is 72.8 cm³/mol. The maximum atomic E-state index is 12.3. The van der Waals surface area contributed by atoms with Crippen molar-refractivity contribution >= 4 is 11.8 Å². The lowest BCUT2D eigenvalue weighted by atomic mass is 10.1. The van der Waals surface area contributed by atoms with Gasteiger partial charge in [-0.15, -0.1) is 0 Å². The van der Waals surface area contributed by atoms with Crippen LogP contribution in [-0.4, -0.2) is 63.3 Å². The maximum Gasteiger partial charge on any atom is 0.274 e. The van der Waals surface area contributed by atoms with Crippen molar-refractivity contribution in [1.29, 1.82) is 0 Å². The van der Waals surface area contributed by atoms with Crippen LogP contribution < -0.4 is 5.73 Å². The van der Waals surface area contributed by atoms with Crippen molar-refractivity contribution < 1.29 is 9.59 Å². The molecule has 2 amide bonds. The van der Waals surface area contributed by atoms with E-state index in [1.165, 1.54) is 18.6 Å². The van der Waals surface area contributed by atoms with Crippen molar-refractivity contribution in [2.45, 2.75) is 25.9 Å². The van der Waals surface area contributed by atoms with E-state index >= 15 is 0 Å². The van der Waals surface area contributed by atoms with E-state index in [4.69, 9.17) is 5.73 Å². The molecule has 1 saturated heterocycles. The van der Waals surface area contributed by atoms with Gasteiger partial charge in [0.2, 0.25) is 5.91 Å². The van der Waals surface area contributed by atoms with Crippen molar-refractivity contribution in [3.63, 3.8) is 0 Å². The van der Waals surface area contributed by atoms with Crippen molar-refractivity contribution in [1.82, 2.24) is 19.8 Å². The van der Waals surface area contributed by atoms with Crippen LogP contribution >= 0.6 is 0 Å². The zero-order valence-electron chi connectivity index (χ0n) is 11.7. The van der Waals surface area contributed by atoms with Crippen molar-refractivity contribution in [3.05, 3.63) is 24.3 Å². The number of carbonyl (C=O) groups is 2. The molecule has 7 heteroatoms. The fourth-order valence-corrected chi connectivity index (χ4v) is 2.42. The number of nitrogens with zero attached hydrogens (tertiary/aromatic N) is 4. The molecule has 0 aromatic carbocycles. The van der Waals surface area contributed by atoms with Crippen LogP contribution in [0.5, 0.6) is 0 Å². The lowest BCUT2D eigenvalue weighted by Gasteiger charge is -2.41. The Bertz CT molecular complexity index is 491. The third-order valence-corrected chi connectivity index (χ3v) is 3.48. The summed E-state index contributed by atoms with van der Waals surface area (Å²) in [6.45, 7) is 5.49. The van der Waals surface area contributed by atoms with Gasteiger partial charge >= 0.3 is 0 Å². The Morgan fingerprint density at radius 2 is 2.10 bits per heavy atom. The Morgan fingerprint density at radius 1 is 1.35 bits per heavy atom. The Kier molecular flexibility index (Phi) is 4.29. The lowest BCUT2D eigenvalue weighted by molar-refractivity contribution is -0.126. The van der Waals surface area contributed by atoms with Gasteiger partial charge in [0.1, 0.15) is 11.7 Å². The first-order chi connectivity index (χ1) is 9.50. The van der Waals surface area contributed by atoms with Gasteiger partial charge in [-0.2, -0.15) is 0 Å². The van der Waals surface area contributed by atoms with Gasteiger partial charge in [0.25, 0.3) is 5.91 Å². The Balaban J connectivity index is 2.13. The van der Waals surface area contributed by atoms with Gasteiger partial charge < -0.3 is 10.6 Å². The van der Waals surface area contributed by atoms with Crippen molar-refractivity contribution in [3.8, 4) is 0 Å². The number of primary amides is 1. The third-order valence-electron chi connectivity index (χ3n) is 3.48. The fraction of sp³-hybridized carbons (Fsp3) is 0.538. The van der Waals surface area contributed by atoms with Gasteiger partial charge in [-0.1, -0.05) is 0 Å². The Labute approximate surface area is 117 Å². The molecule has 20 heavy (non-hydrogen) atoms. The molecule has 0 spiro atoms. The number of rotatable bonds is 3. The summed E-state index contributed by atoms with van der Waals surface area (Å²) in [5.41, 5.74) is 5.74. The standard InChI is InChI=1S/C13H19N5O2/c1-9(2)18-6-5-17(8-11(18)12(14)19)13(20)10-7-15-3-4-16-10/h3-4,7,9,11H,5-6,8H2,1-2H3,(H2,14,19). The predicted octanol–water partition coefficient (Wildman–Crippen LogP) is -0.503. The first kappa shape index (κ1) is 14.4. The summed E-state index contributed by atoms with van der Waals surface area (Å²) in [6.07, 6.45) is 4.42. The maximum absolute atomic E-state index is 12.3. The summed E-state index contributed by atoms with van der Waals surface area (Å²) in [7, 11) is 0. The molecule has 2 N–H and O–H groups in total. The van der Waals surface area contributed by atoms with Crippen LogP contribution in [-0.2, 0) is 4.79 Å². The summed E-state index contributed by atoms with van der Waals surface area (Å²) in [5.74, 6) is -0.622. The molecule has 108 valence electrons. The minimum Gasteiger partial charge on any atom is -0.368 e. The second-order valence-corrected chi connectivity index (χ2v) is 5.09. The zero-order valence-corrected chi connectivity index (χ0v) is 11.7. The van der Waals surface area contributed by atoms with Crippen molar-refractivity contribution in [2.24, 2.45) is 5.73 Å². The summed E-state index contributed by atoms with van der Waals surface area (Å²) >= 11 is 0. The average Bonchev–Trinajstić information content (AvgIpc) is 2.46.